The molecule has 3 rings (SSSR count). The van der Waals surface area contributed by atoms with Crippen molar-refractivity contribution in [2.24, 2.45) is 0 Å². The second-order valence-electron chi connectivity index (χ2n) is 5.85. The Morgan fingerprint density at radius 3 is 2.81 bits per heavy atom. The van der Waals surface area contributed by atoms with Gasteiger partial charge in [0.05, 0.1) is 17.7 Å². The largest absolute Gasteiger partial charge is 0.354 e. The summed E-state index contributed by atoms with van der Waals surface area (Å²) in [5.41, 5.74) is 5.42. The van der Waals surface area contributed by atoms with Gasteiger partial charge in [-0.2, -0.15) is 0 Å². The molecule has 21 heavy (non-hydrogen) atoms. The Bertz CT molecular complexity index is 618. The third-order valence-corrected chi connectivity index (χ3v) is 4.71. The van der Waals surface area contributed by atoms with E-state index in [9.17, 15) is 0 Å². The first-order valence-corrected chi connectivity index (χ1v) is 8.31. The van der Waals surface area contributed by atoms with Gasteiger partial charge in [0.1, 0.15) is 5.82 Å². The fourth-order valence-electron chi connectivity index (χ4n) is 2.34. The quantitative estimate of drug-likeness (QED) is 0.890. The lowest BCUT2D eigenvalue weighted by atomic mass is 10.2. The van der Waals surface area contributed by atoms with Crippen molar-refractivity contribution in [2.75, 3.05) is 11.9 Å². The molecule has 0 unspecified atom stereocenters. The van der Waals surface area contributed by atoms with Crippen molar-refractivity contribution >= 4 is 17.2 Å². The molecule has 2 aromatic rings. The van der Waals surface area contributed by atoms with Gasteiger partial charge in [0.15, 0.2) is 0 Å². The molecule has 1 fully saturated rings. The Kier molecular flexibility index (Phi) is 4.22. The number of anilines is 1. The van der Waals surface area contributed by atoms with Crippen molar-refractivity contribution in [1.29, 1.82) is 0 Å². The summed E-state index contributed by atoms with van der Waals surface area (Å²) in [5.74, 6) is 1.04. The summed E-state index contributed by atoms with van der Waals surface area (Å²) in [6.45, 7) is 5.93. The second-order valence-corrected chi connectivity index (χ2v) is 6.79. The minimum absolute atomic E-state index is 0.736. The maximum Gasteiger partial charge on any atom is 0.129 e. The van der Waals surface area contributed by atoms with Gasteiger partial charge in [-0.1, -0.05) is 0 Å². The molecule has 1 aliphatic rings. The standard InChI is InChI=1S/C16H22N4S/c1-11-6-13(8-17-14-4-5-14)7-16(19-11)20(3)9-15-12(2)18-10-21-15/h6-7,10,14,17H,4-5,8-9H2,1-3H3. The van der Waals surface area contributed by atoms with Crippen molar-refractivity contribution in [1.82, 2.24) is 15.3 Å². The first kappa shape index (κ1) is 14.5. The van der Waals surface area contributed by atoms with Crippen LogP contribution in [0.5, 0.6) is 0 Å². The van der Waals surface area contributed by atoms with E-state index in [-0.39, 0.29) is 0 Å². The molecule has 1 aliphatic carbocycles. The van der Waals surface area contributed by atoms with E-state index in [0.29, 0.717) is 0 Å². The first-order chi connectivity index (χ1) is 10.1. The highest BCUT2D eigenvalue weighted by atomic mass is 32.1. The van der Waals surface area contributed by atoms with Crippen molar-refractivity contribution < 1.29 is 0 Å². The highest BCUT2D eigenvalue weighted by Crippen LogP contribution is 2.22. The number of pyridine rings is 1. The molecule has 112 valence electrons. The molecule has 5 heteroatoms. The molecular weight excluding hydrogens is 280 g/mol. The molecule has 0 aromatic carbocycles. The Balaban J connectivity index is 1.71. The molecule has 1 saturated carbocycles. The minimum atomic E-state index is 0.736. The third kappa shape index (κ3) is 3.80. The van der Waals surface area contributed by atoms with Crippen molar-refractivity contribution in [2.45, 2.75) is 45.8 Å². The zero-order chi connectivity index (χ0) is 14.8. The lowest BCUT2D eigenvalue weighted by molar-refractivity contribution is 0.686. The second kappa shape index (κ2) is 6.12. The van der Waals surface area contributed by atoms with Gasteiger partial charge in [0, 0.05) is 30.2 Å². The van der Waals surface area contributed by atoms with E-state index in [2.05, 4.69) is 53.2 Å². The van der Waals surface area contributed by atoms with Gasteiger partial charge in [-0.15, -0.1) is 11.3 Å². The predicted octanol–water partition coefficient (Wildman–Crippen LogP) is 3.04. The van der Waals surface area contributed by atoms with Crippen LogP contribution in [0, 0.1) is 13.8 Å². The summed E-state index contributed by atoms with van der Waals surface area (Å²) in [5, 5.41) is 3.57. The van der Waals surface area contributed by atoms with Gasteiger partial charge in [-0.05, 0) is 44.4 Å². The summed E-state index contributed by atoms with van der Waals surface area (Å²) in [7, 11) is 2.10. The fourth-order valence-corrected chi connectivity index (χ4v) is 3.17. The maximum atomic E-state index is 4.67. The van der Waals surface area contributed by atoms with Crippen LogP contribution in [-0.2, 0) is 13.1 Å². The lowest BCUT2D eigenvalue weighted by Gasteiger charge is -2.19. The van der Waals surface area contributed by atoms with Gasteiger partial charge < -0.3 is 10.2 Å². The van der Waals surface area contributed by atoms with Gasteiger partial charge >= 0.3 is 0 Å². The summed E-state index contributed by atoms with van der Waals surface area (Å²) in [6.07, 6.45) is 2.64. The molecule has 2 aromatic heterocycles. The number of hydrogen-bond donors (Lipinski definition) is 1. The zero-order valence-corrected chi connectivity index (χ0v) is 13.7. The van der Waals surface area contributed by atoms with Crippen LogP contribution in [0.4, 0.5) is 5.82 Å². The summed E-state index contributed by atoms with van der Waals surface area (Å²) in [6, 6.07) is 5.10. The van der Waals surface area contributed by atoms with Crippen LogP contribution in [-0.4, -0.2) is 23.1 Å². The van der Waals surface area contributed by atoms with Gasteiger partial charge in [-0.3, -0.25) is 0 Å². The molecule has 0 aliphatic heterocycles. The molecule has 2 heterocycles. The first-order valence-electron chi connectivity index (χ1n) is 7.43. The zero-order valence-electron chi connectivity index (χ0n) is 12.9. The topological polar surface area (TPSA) is 41.0 Å². The average molecular weight is 302 g/mol. The minimum Gasteiger partial charge on any atom is -0.354 e. The number of rotatable bonds is 6. The number of nitrogens with zero attached hydrogens (tertiary/aromatic N) is 3. The Morgan fingerprint density at radius 1 is 1.33 bits per heavy atom. The Hall–Kier alpha value is -1.46. The lowest BCUT2D eigenvalue weighted by Crippen LogP contribution is -2.20. The number of aryl methyl sites for hydroxylation is 2. The summed E-state index contributed by atoms with van der Waals surface area (Å²) >= 11 is 1.71. The van der Waals surface area contributed by atoms with Gasteiger partial charge in [0.2, 0.25) is 0 Å². The molecular formula is C16H22N4S. The van der Waals surface area contributed by atoms with Crippen LogP contribution in [0.2, 0.25) is 0 Å². The number of thiazole rings is 1. The van der Waals surface area contributed by atoms with Gasteiger partial charge in [-0.25, -0.2) is 9.97 Å². The molecule has 0 spiro atoms. The highest BCUT2D eigenvalue weighted by molar-refractivity contribution is 7.09. The normalized spacial score (nSPS) is 14.4. The Labute approximate surface area is 130 Å². The smallest absolute Gasteiger partial charge is 0.129 e. The fraction of sp³-hybridized carbons (Fsp3) is 0.500. The van der Waals surface area contributed by atoms with Crippen molar-refractivity contribution in [3.63, 3.8) is 0 Å². The number of nitrogens with one attached hydrogen (secondary N) is 1. The van der Waals surface area contributed by atoms with E-state index < -0.39 is 0 Å². The molecule has 0 bridgehead atoms. The van der Waals surface area contributed by atoms with Gasteiger partial charge in [0.25, 0.3) is 0 Å². The van der Waals surface area contributed by atoms with Crippen molar-refractivity contribution in [3.05, 3.63) is 39.5 Å². The number of aromatic nitrogens is 2. The maximum absolute atomic E-state index is 4.67. The van der Waals surface area contributed by atoms with Crippen LogP contribution in [0.1, 0.15) is 34.7 Å². The van der Waals surface area contributed by atoms with Crippen LogP contribution in [0.3, 0.4) is 0 Å². The molecule has 4 nitrogen and oxygen atoms in total. The highest BCUT2D eigenvalue weighted by Gasteiger charge is 2.20. The molecule has 0 saturated heterocycles. The Morgan fingerprint density at radius 2 is 2.14 bits per heavy atom. The van der Waals surface area contributed by atoms with E-state index in [4.69, 9.17) is 0 Å². The molecule has 1 N–H and O–H groups in total. The SMILES string of the molecule is Cc1cc(CNC2CC2)cc(N(C)Cc2scnc2C)n1. The number of hydrogen-bond acceptors (Lipinski definition) is 5. The van der Waals surface area contributed by atoms with Crippen LogP contribution >= 0.6 is 11.3 Å². The van der Waals surface area contributed by atoms with E-state index in [1.807, 2.05) is 5.51 Å². The molecule has 0 amide bonds. The monoisotopic (exact) mass is 302 g/mol. The van der Waals surface area contributed by atoms with E-state index >= 15 is 0 Å². The van der Waals surface area contributed by atoms with Crippen LogP contribution < -0.4 is 10.2 Å². The predicted molar refractivity (Wildman–Crippen MR) is 87.8 cm³/mol. The van der Waals surface area contributed by atoms with E-state index in [1.54, 1.807) is 11.3 Å². The molecule has 0 radical (unpaired) electrons. The van der Waals surface area contributed by atoms with Crippen molar-refractivity contribution in [3.8, 4) is 0 Å². The van der Waals surface area contributed by atoms with E-state index in [0.717, 1.165) is 36.3 Å². The van der Waals surface area contributed by atoms with Crippen LogP contribution in [0.15, 0.2) is 17.6 Å². The molecule has 0 atom stereocenters. The van der Waals surface area contributed by atoms with Crippen LogP contribution in [0.25, 0.3) is 0 Å². The third-order valence-electron chi connectivity index (χ3n) is 3.79. The average Bonchev–Trinajstić information content (AvgIpc) is 3.20. The van der Waals surface area contributed by atoms with E-state index in [1.165, 1.54) is 23.3 Å². The summed E-state index contributed by atoms with van der Waals surface area (Å²) < 4.78 is 0. The summed E-state index contributed by atoms with van der Waals surface area (Å²) in [4.78, 5) is 12.5.